The summed E-state index contributed by atoms with van der Waals surface area (Å²) in [4.78, 5) is 11.2. The average Bonchev–Trinajstić information content (AvgIpc) is 2.35. The van der Waals surface area contributed by atoms with Crippen molar-refractivity contribution < 1.29 is 17.9 Å². The third-order valence-corrected chi connectivity index (χ3v) is 4.68. The quantitative estimate of drug-likeness (QED) is 0.737. The molecule has 1 heterocycles. The molecule has 0 unspecified atom stereocenters. The number of esters is 1. The number of hydrogen-bond acceptors (Lipinski definition) is 4. The van der Waals surface area contributed by atoms with E-state index in [1.807, 2.05) is 6.92 Å². The summed E-state index contributed by atoms with van der Waals surface area (Å²) in [5.74, 6) is -0.509. The Kier molecular flexibility index (Phi) is 5.55. The summed E-state index contributed by atoms with van der Waals surface area (Å²) in [6, 6.07) is 0. The van der Waals surface area contributed by atoms with Crippen LogP contribution in [0.15, 0.2) is 0 Å². The minimum absolute atomic E-state index is 0.0693. The van der Waals surface area contributed by atoms with E-state index >= 15 is 0 Å². The first kappa shape index (κ1) is 15.4. The fourth-order valence-electron chi connectivity index (χ4n) is 1.97. The standard InChI is InChI=1S/C11H22N2O4S/c1-9-5-4-6-13(8-9)18(15,16)12-7-10(2)11(14)17-3/h9-10,12H,4-8H2,1-3H3/t9-,10+/m0/s1. The highest BCUT2D eigenvalue weighted by Gasteiger charge is 2.27. The largest absolute Gasteiger partial charge is 0.469 e. The molecule has 0 spiro atoms. The highest BCUT2D eigenvalue weighted by molar-refractivity contribution is 7.87. The Morgan fingerprint density at radius 2 is 2.22 bits per heavy atom. The van der Waals surface area contributed by atoms with Crippen LogP contribution in [-0.4, -0.2) is 45.4 Å². The molecule has 6 nitrogen and oxygen atoms in total. The molecule has 0 aromatic carbocycles. The van der Waals surface area contributed by atoms with Gasteiger partial charge in [-0.2, -0.15) is 12.7 Å². The first-order valence-electron chi connectivity index (χ1n) is 6.19. The van der Waals surface area contributed by atoms with Crippen LogP contribution in [0.1, 0.15) is 26.7 Å². The SMILES string of the molecule is COC(=O)[C@H](C)CNS(=O)(=O)N1CCC[C@H](C)C1. The number of hydrogen-bond donors (Lipinski definition) is 1. The maximum Gasteiger partial charge on any atom is 0.309 e. The summed E-state index contributed by atoms with van der Waals surface area (Å²) >= 11 is 0. The average molecular weight is 278 g/mol. The third kappa shape index (κ3) is 4.22. The van der Waals surface area contributed by atoms with Gasteiger partial charge in [-0.1, -0.05) is 13.8 Å². The number of methoxy groups -OCH3 is 1. The molecular weight excluding hydrogens is 256 g/mol. The lowest BCUT2D eigenvalue weighted by molar-refractivity contribution is -0.144. The van der Waals surface area contributed by atoms with Gasteiger partial charge in [-0.15, -0.1) is 0 Å². The monoisotopic (exact) mass is 278 g/mol. The van der Waals surface area contributed by atoms with Crippen LogP contribution < -0.4 is 4.72 Å². The minimum Gasteiger partial charge on any atom is -0.469 e. The molecule has 1 saturated heterocycles. The molecule has 0 radical (unpaired) electrons. The molecule has 0 aromatic rings. The fourth-order valence-corrected chi connectivity index (χ4v) is 3.43. The Balaban J connectivity index is 2.51. The van der Waals surface area contributed by atoms with Crippen molar-refractivity contribution >= 4 is 16.2 Å². The van der Waals surface area contributed by atoms with Crippen molar-refractivity contribution in [1.82, 2.24) is 9.03 Å². The maximum atomic E-state index is 12.0. The minimum atomic E-state index is -3.48. The van der Waals surface area contributed by atoms with Crippen molar-refractivity contribution in [2.75, 3.05) is 26.7 Å². The predicted molar refractivity (Wildman–Crippen MR) is 68.1 cm³/mol. The number of rotatable bonds is 5. The lowest BCUT2D eigenvalue weighted by Gasteiger charge is -2.30. The Hall–Kier alpha value is -0.660. The first-order valence-corrected chi connectivity index (χ1v) is 7.63. The van der Waals surface area contributed by atoms with Crippen LogP contribution in [0.5, 0.6) is 0 Å². The lowest BCUT2D eigenvalue weighted by atomic mass is 10.0. The highest BCUT2D eigenvalue weighted by atomic mass is 32.2. The summed E-state index contributed by atoms with van der Waals surface area (Å²) in [5.41, 5.74) is 0. The Labute approximate surface area is 109 Å². The van der Waals surface area contributed by atoms with Gasteiger partial charge in [0.1, 0.15) is 0 Å². The van der Waals surface area contributed by atoms with Crippen LogP contribution >= 0.6 is 0 Å². The number of carbonyl (C=O) groups excluding carboxylic acids is 1. The third-order valence-electron chi connectivity index (χ3n) is 3.14. The second-order valence-corrected chi connectivity index (χ2v) is 6.64. The molecule has 0 bridgehead atoms. The number of piperidine rings is 1. The molecule has 106 valence electrons. The molecule has 1 aliphatic heterocycles. The van der Waals surface area contributed by atoms with E-state index in [1.165, 1.54) is 11.4 Å². The second kappa shape index (κ2) is 6.49. The van der Waals surface area contributed by atoms with E-state index in [1.54, 1.807) is 6.92 Å². The zero-order valence-corrected chi connectivity index (χ0v) is 12.0. The predicted octanol–water partition coefficient (Wildman–Crippen LogP) is 0.362. The van der Waals surface area contributed by atoms with Crippen molar-refractivity contribution in [3.05, 3.63) is 0 Å². The van der Waals surface area contributed by atoms with Gasteiger partial charge in [0.05, 0.1) is 13.0 Å². The van der Waals surface area contributed by atoms with Crippen molar-refractivity contribution in [3.63, 3.8) is 0 Å². The van der Waals surface area contributed by atoms with Crippen molar-refractivity contribution in [2.24, 2.45) is 11.8 Å². The van der Waals surface area contributed by atoms with E-state index in [4.69, 9.17) is 0 Å². The molecule has 0 aromatic heterocycles. The van der Waals surface area contributed by atoms with Crippen LogP contribution in [0, 0.1) is 11.8 Å². The second-order valence-electron chi connectivity index (χ2n) is 4.88. The van der Waals surface area contributed by atoms with Gasteiger partial charge in [-0.3, -0.25) is 4.79 Å². The summed E-state index contributed by atoms with van der Waals surface area (Å²) in [7, 11) is -2.19. The Bertz CT molecular complexity index is 383. The number of ether oxygens (including phenoxy) is 1. The van der Waals surface area contributed by atoms with Crippen LogP contribution in [0.3, 0.4) is 0 Å². The first-order chi connectivity index (χ1) is 8.36. The lowest BCUT2D eigenvalue weighted by Crippen LogP contribution is -2.47. The molecule has 1 rings (SSSR count). The van der Waals surface area contributed by atoms with Gasteiger partial charge >= 0.3 is 5.97 Å². The van der Waals surface area contributed by atoms with Gasteiger partial charge in [-0.05, 0) is 18.8 Å². The van der Waals surface area contributed by atoms with Crippen LogP contribution in [0.2, 0.25) is 0 Å². The summed E-state index contributed by atoms with van der Waals surface area (Å²) in [5, 5.41) is 0. The van der Waals surface area contributed by atoms with Gasteiger partial charge in [0, 0.05) is 19.6 Å². The van der Waals surface area contributed by atoms with Crippen molar-refractivity contribution in [1.29, 1.82) is 0 Å². The van der Waals surface area contributed by atoms with E-state index in [9.17, 15) is 13.2 Å². The van der Waals surface area contributed by atoms with E-state index in [2.05, 4.69) is 9.46 Å². The molecule has 1 aliphatic rings. The number of nitrogens with zero attached hydrogens (tertiary/aromatic N) is 1. The van der Waals surface area contributed by atoms with E-state index in [-0.39, 0.29) is 6.54 Å². The van der Waals surface area contributed by atoms with Gasteiger partial charge < -0.3 is 4.74 Å². The molecule has 7 heteroatoms. The van der Waals surface area contributed by atoms with E-state index in [0.717, 1.165) is 12.8 Å². The fraction of sp³-hybridized carbons (Fsp3) is 0.909. The van der Waals surface area contributed by atoms with Crippen LogP contribution in [0.4, 0.5) is 0 Å². The van der Waals surface area contributed by atoms with Gasteiger partial charge in [-0.25, -0.2) is 4.72 Å². The Morgan fingerprint density at radius 3 is 2.78 bits per heavy atom. The summed E-state index contributed by atoms with van der Waals surface area (Å²) in [6.07, 6.45) is 1.94. The summed E-state index contributed by atoms with van der Waals surface area (Å²) < 4.78 is 32.5. The topological polar surface area (TPSA) is 75.7 Å². The van der Waals surface area contributed by atoms with Crippen LogP contribution in [-0.2, 0) is 19.7 Å². The molecular formula is C11H22N2O4S. The highest BCUT2D eigenvalue weighted by Crippen LogP contribution is 2.17. The van der Waals surface area contributed by atoms with Crippen LogP contribution in [0.25, 0.3) is 0 Å². The summed E-state index contributed by atoms with van der Waals surface area (Å²) in [6.45, 7) is 4.83. The van der Waals surface area contributed by atoms with E-state index in [0.29, 0.717) is 19.0 Å². The smallest absolute Gasteiger partial charge is 0.309 e. The zero-order chi connectivity index (χ0) is 13.8. The Morgan fingerprint density at radius 1 is 1.56 bits per heavy atom. The zero-order valence-electron chi connectivity index (χ0n) is 11.2. The normalized spacial score (nSPS) is 23.6. The maximum absolute atomic E-state index is 12.0. The number of nitrogens with one attached hydrogen (secondary N) is 1. The molecule has 0 amide bonds. The van der Waals surface area contributed by atoms with Gasteiger partial charge in [0.2, 0.25) is 0 Å². The molecule has 0 aliphatic carbocycles. The van der Waals surface area contributed by atoms with E-state index < -0.39 is 22.1 Å². The van der Waals surface area contributed by atoms with Crippen molar-refractivity contribution in [3.8, 4) is 0 Å². The number of carbonyl (C=O) groups is 1. The molecule has 0 saturated carbocycles. The molecule has 1 N–H and O–H groups in total. The molecule has 18 heavy (non-hydrogen) atoms. The molecule has 2 atom stereocenters. The molecule has 1 fully saturated rings. The van der Waals surface area contributed by atoms with Gasteiger partial charge in [0.15, 0.2) is 0 Å². The van der Waals surface area contributed by atoms with Crippen molar-refractivity contribution in [2.45, 2.75) is 26.7 Å². The van der Waals surface area contributed by atoms with Gasteiger partial charge in [0.25, 0.3) is 10.2 Å².